The lowest BCUT2D eigenvalue weighted by Gasteiger charge is -2.52. The summed E-state index contributed by atoms with van der Waals surface area (Å²) in [4.78, 5) is 49.2. The molecule has 11 nitrogen and oxygen atoms in total. The normalized spacial score (nSPS) is 23.0. The van der Waals surface area contributed by atoms with E-state index in [-0.39, 0.29) is 30.2 Å². The Bertz CT molecular complexity index is 1200. The highest BCUT2D eigenvalue weighted by Crippen LogP contribution is 2.34. The fraction of sp³-hybridized carbons (Fsp3) is 0.261. The molecule has 182 valence electrons. The van der Waals surface area contributed by atoms with Crippen LogP contribution in [0.3, 0.4) is 0 Å². The molecule has 0 radical (unpaired) electrons. The standard InChI is InChI=1S/C23H21N3O8S/c1-14-13-35(32)22-19(24-18(27)12-33-17-5-3-2-4-6-17)21(28)25(22)20(14)23(29)34-11-15-7-9-16(10-8-15)26(30)31/h2-10,19-20,22H,1,11-13H2,(H,24,27)/t19-,20-,22-,35?/m1/s1. The number of carbonyl (C=O) groups excluding carboxylic acids is 3. The molecule has 4 atom stereocenters. The molecule has 0 aliphatic carbocycles. The third-order valence-corrected chi connectivity index (χ3v) is 7.22. The lowest BCUT2D eigenvalue weighted by Crippen LogP contribution is -2.77. The lowest BCUT2D eigenvalue weighted by atomic mass is 9.98. The van der Waals surface area contributed by atoms with Crippen molar-refractivity contribution in [3.05, 3.63) is 82.4 Å². The van der Waals surface area contributed by atoms with Gasteiger partial charge in [0.05, 0.1) is 15.7 Å². The molecule has 2 aliphatic heterocycles. The number of benzene rings is 2. The molecule has 0 spiro atoms. The molecule has 2 heterocycles. The predicted molar refractivity (Wildman–Crippen MR) is 123 cm³/mol. The van der Waals surface area contributed by atoms with Gasteiger partial charge in [0.15, 0.2) is 12.6 Å². The van der Waals surface area contributed by atoms with Gasteiger partial charge in [0.25, 0.3) is 11.6 Å². The Morgan fingerprint density at radius 2 is 1.86 bits per heavy atom. The minimum absolute atomic E-state index is 0.0291. The van der Waals surface area contributed by atoms with Crippen LogP contribution < -0.4 is 10.1 Å². The second-order valence-corrected chi connectivity index (χ2v) is 9.43. The van der Waals surface area contributed by atoms with E-state index in [2.05, 4.69) is 11.9 Å². The number of esters is 1. The van der Waals surface area contributed by atoms with E-state index in [9.17, 15) is 28.7 Å². The zero-order chi connectivity index (χ0) is 25.1. The molecular formula is C23H21N3O8S. The van der Waals surface area contributed by atoms with Crippen LogP contribution in [0.2, 0.25) is 0 Å². The van der Waals surface area contributed by atoms with Crippen molar-refractivity contribution in [1.82, 2.24) is 10.2 Å². The molecule has 12 heteroatoms. The molecule has 0 saturated carbocycles. The average molecular weight is 500 g/mol. The van der Waals surface area contributed by atoms with E-state index >= 15 is 0 Å². The first-order valence-corrected chi connectivity index (χ1v) is 11.9. The number of rotatable bonds is 8. The molecule has 2 aromatic rings. The number of fused-ring (bicyclic) bond motifs is 1. The fourth-order valence-corrected chi connectivity index (χ4v) is 5.49. The smallest absolute Gasteiger partial charge is 0.333 e. The van der Waals surface area contributed by atoms with Crippen LogP contribution in [0.15, 0.2) is 66.7 Å². The fourth-order valence-electron chi connectivity index (χ4n) is 3.82. The number of amides is 2. The molecule has 0 bridgehead atoms. The van der Waals surface area contributed by atoms with Crippen LogP contribution in [0, 0.1) is 10.1 Å². The van der Waals surface area contributed by atoms with E-state index in [1.54, 1.807) is 30.3 Å². The summed E-state index contributed by atoms with van der Waals surface area (Å²) in [7, 11) is -1.57. The second-order valence-electron chi connectivity index (χ2n) is 7.90. The molecule has 2 aromatic carbocycles. The van der Waals surface area contributed by atoms with Gasteiger partial charge in [-0.15, -0.1) is 0 Å². The number of ether oxygens (including phenoxy) is 2. The molecule has 1 unspecified atom stereocenters. The van der Waals surface area contributed by atoms with Crippen molar-refractivity contribution in [2.75, 3.05) is 12.4 Å². The van der Waals surface area contributed by atoms with Gasteiger partial charge in [-0.05, 0) is 35.4 Å². The van der Waals surface area contributed by atoms with Gasteiger partial charge in [-0.2, -0.15) is 0 Å². The molecule has 0 aromatic heterocycles. The van der Waals surface area contributed by atoms with Crippen molar-refractivity contribution in [3.63, 3.8) is 0 Å². The molecule has 2 amide bonds. The third-order valence-electron chi connectivity index (χ3n) is 5.52. The SMILES string of the molecule is C=C1CS(=O)[C@@H]2[C@H](NC(=O)COc3ccccc3)C(=O)N2[C@H]1C(=O)OCc1ccc([N+](=O)[O-])cc1. The van der Waals surface area contributed by atoms with Crippen LogP contribution in [0.25, 0.3) is 0 Å². The first-order chi connectivity index (χ1) is 16.8. The van der Waals surface area contributed by atoms with Crippen molar-refractivity contribution in [2.45, 2.75) is 24.1 Å². The quantitative estimate of drug-likeness (QED) is 0.187. The number of non-ortho nitro benzene ring substituents is 1. The van der Waals surface area contributed by atoms with Crippen molar-refractivity contribution >= 4 is 34.3 Å². The number of nitro groups is 1. The Labute approximate surface area is 202 Å². The maximum atomic E-state index is 12.8. The summed E-state index contributed by atoms with van der Waals surface area (Å²) in [6.07, 6.45) is 0. The van der Waals surface area contributed by atoms with Crippen LogP contribution in [-0.2, 0) is 36.5 Å². The Balaban J connectivity index is 1.36. The summed E-state index contributed by atoms with van der Waals surface area (Å²) >= 11 is 0. The highest BCUT2D eigenvalue weighted by molar-refractivity contribution is 7.86. The minimum atomic E-state index is -1.57. The Kier molecular flexibility index (Phi) is 6.92. The number of para-hydroxylation sites is 1. The Hall–Kier alpha value is -4.06. The maximum absolute atomic E-state index is 12.8. The van der Waals surface area contributed by atoms with E-state index in [4.69, 9.17) is 9.47 Å². The van der Waals surface area contributed by atoms with Crippen molar-refractivity contribution in [1.29, 1.82) is 0 Å². The van der Waals surface area contributed by atoms with Crippen molar-refractivity contribution in [2.24, 2.45) is 0 Å². The van der Waals surface area contributed by atoms with E-state index in [1.807, 2.05) is 0 Å². The third kappa shape index (κ3) is 5.06. The van der Waals surface area contributed by atoms with E-state index in [0.717, 1.165) is 4.90 Å². The summed E-state index contributed by atoms with van der Waals surface area (Å²) in [6.45, 7) is 3.28. The Morgan fingerprint density at radius 1 is 1.17 bits per heavy atom. The molecular weight excluding hydrogens is 478 g/mol. The van der Waals surface area contributed by atoms with Crippen molar-refractivity contribution in [3.8, 4) is 5.75 Å². The summed E-state index contributed by atoms with van der Waals surface area (Å²) in [5.74, 6) is -1.45. The average Bonchev–Trinajstić information content (AvgIpc) is 2.85. The Morgan fingerprint density at radius 3 is 2.51 bits per heavy atom. The van der Waals surface area contributed by atoms with Crippen LogP contribution in [0.1, 0.15) is 5.56 Å². The lowest BCUT2D eigenvalue weighted by molar-refractivity contribution is -0.384. The monoisotopic (exact) mass is 499 g/mol. The minimum Gasteiger partial charge on any atom is -0.484 e. The molecule has 2 aliphatic rings. The van der Waals surface area contributed by atoms with E-state index < -0.39 is 51.0 Å². The van der Waals surface area contributed by atoms with Crippen LogP contribution in [-0.4, -0.2) is 61.6 Å². The maximum Gasteiger partial charge on any atom is 0.333 e. The highest BCUT2D eigenvalue weighted by atomic mass is 32.2. The van der Waals surface area contributed by atoms with Crippen LogP contribution in [0.5, 0.6) is 5.75 Å². The number of carbonyl (C=O) groups is 3. The number of β-lactam (4-membered cyclic amide) rings is 1. The number of nitrogens with zero attached hydrogens (tertiary/aromatic N) is 2. The molecule has 2 saturated heterocycles. The van der Waals surface area contributed by atoms with Gasteiger partial charge in [-0.1, -0.05) is 24.8 Å². The van der Waals surface area contributed by atoms with Gasteiger partial charge < -0.3 is 19.7 Å². The summed E-state index contributed by atoms with van der Waals surface area (Å²) in [5.41, 5.74) is 0.683. The van der Waals surface area contributed by atoms with Gasteiger partial charge in [0.2, 0.25) is 5.91 Å². The first kappa shape index (κ1) is 24.1. The summed E-state index contributed by atoms with van der Waals surface area (Å²) in [6, 6.07) is 11.9. The van der Waals surface area contributed by atoms with Crippen LogP contribution in [0.4, 0.5) is 5.69 Å². The highest BCUT2D eigenvalue weighted by Gasteiger charge is 2.59. The first-order valence-electron chi connectivity index (χ1n) is 10.5. The number of hydrogen-bond donors (Lipinski definition) is 1. The number of hydrogen-bond acceptors (Lipinski definition) is 8. The van der Waals surface area contributed by atoms with E-state index in [0.29, 0.717) is 11.3 Å². The molecule has 35 heavy (non-hydrogen) atoms. The van der Waals surface area contributed by atoms with Crippen molar-refractivity contribution < 1.29 is 33.0 Å². The van der Waals surface area contributed by atoms with E-state index in [1.165, 1.54) is 24.3 Å². The summed E-state index contributed by atoms with van der Waals surface area (Å²) in [5, 5.41) is 12.4. The predicted octanol–water partition coefficient (Wildman–Crippen LogP) is 1.06. The zero-order valence-corrected chi connectivity index (χ0v) is 19.1. The number of nitrogens with one attached hydrogen (secondary N) is 1. The van der Waals surface area contributed by atoms with Gasteiger partial charge in [-0.3, -0.25) is 23.9 Å². The summed E-state index contributed by atoms with van der Waals surface area (Å²) < 4.78 is 23.4. The van der Waals surface area contributed by atoms with Gasteiger partial charge >= 0.3 is 5.97 Å². The molecule has 2 fully saturated rings. The molecule has 4 rings (SSSR count). The van der Waals surface area contributed by atoms with Crippen LogP contribution >= 0.6 is 0 Å². The number of nitro benzene ring substituents is 1. The van der Waals surface area contributed by atoms with Gasteiger partial charge in [0, 0.05) is 17.9 Å². The second kappa shape index (κ2) is 10.1. The molecule has 1 N–H and O–H groups in total. The van der Waals surface area contributed by atoms with Gasteiger partial charge in [0.1, 0.15) is 23.8 Å². The van der Waals surface area contributed by atoms with Gasteiger partial charge in [-0.25, -0.2) is 4.79 Å². The zero-order valence-electron chi connectivity index (χ0n) is 18.3. The largest absolute Gasteiger partial charge is 0.484 e. The topological polar surface area (TPSA) is 145 Å².